The van der Waals surface area contributed by atoms with E-state index in [0.29, 0.717) is 15.9 Å². The molecule has 0 bridgehead atoms. The number of hydrogen-bond acceptors (Lipinski definition) is 2. The van der Waals surface area contributed by atoms with E-state index in [1.54, 1.807) is 0 Å². The Kier molecular flexibility index (Phi) is 8.07. The van der Waals surface area contributed by atoms with Crippen LogP contribution in [0.4, 0.5) is 0 Å². The zero-order valence-corrected chi connectivity index (χ0v) is 19.3. The molecule has 0 aliphatic heterocycles. The van der Waals surface area contributed by atoms with Gasteiger partial charge in [-0.15, -0.1) is 0 Å². The fourth-order valence-corrected chi connectivity index (χ4v) is 6.41. The predicted octanol–water partition coefficient (Wildman–Crippen LogP) is 6.83. The molecule has 3 nitrogen and oxygen atoms in total. The van der Waals surface area contributed by atoms with E-state index in [-0.39, 0.29) is 18.3 Å². The van der Waals surface area contributed by atoms with Gasteiger partial charge < -0.3 is 9.84 Å². The second-order valence-electron chi connectivity index (χ2n) is 9.01. The smallest absolute Gasteiger partial charge is 0.303 e. The molecule has 4 heteroatoms. The molecule has 3 aliphatic carbocycles. The normalized spacial score (nSPS) is 27.8. The number of alkyl halides is 1. The molecule has 0 amide bonds. The molecule has 156 valence electrons. The van der Waals surface area contributed by atoms with Gasteiger partial charge in [0.25, 0.3) is 0 Å². The van der Waals surface area contributed by atoms with Crippen LogP contribution in [0.25, 0.3) is 0 Å². The number of allylic oxidation sites excluding steroid dienone is 4. The first-order valence-corrected chi connectivity index (χ1v) is 12.3. The van der Waals surface area contributed by atoms with Crippen molar-refractivity contribution < 1.29 is 14.6 Å². The van der Waals surface area contributed by atoms with Crippen LogP contribution in [0.5, 0.6) is 0 Å². The molecule has 1 spiro atoms. The first-order chi connectivity index (χ1) is 13.5. The highest BCUT2D eigenvalue weighted by atomic mass is 127. The lowest BCUT2D eigenvalue weighted by Crippen LogP contribution is -2.27. The van der Waals surface area contributed by atoms with Crippen molar-refractivity contribution in [3.8, 4) is 0 Å². The zero-order chi connectivity index (χ0) is 20.0. The molecule has 1 saturated carbocycles. The molecule has 2 unspecified atom stereocenters. The monoisotopic (exact) mass is 498 g/mol. The predicted molar refractivity (Wildman–Crippen MR) is 123 cm³/mol. The van der Waals surface area contributed by atoms with E-state index in [4.69, 9.17) is 4.74 Å². The third-order valence-corrected chi connectivity index (χ3v) is 8.14. The van der Waals surface area contributed by atoms with Gasteiger partial charge in [0.15, 0.2) is 0 Å². The zero-order valence-electron chi connectivity index (χ0n) is 17.2. The summed E-state index contributed by atoms with van der Waals surface area (Å²) in [7, 11) is 0. The second kappa shape index (κ2) is 10.3. The summed E-state index contributed by atoms with van der Waals surface area (Å²) < 4.78 is 6.41. The summed E-state index contributed by atoms with van der Waals surface area (Å²) in [4.78, 5) is 11.2. The fourth-order valence-electron chi connectivity index (χ4n) is 5.23. The van der Waals surface area contributed by atoms with Crippen LogP contribution in [0.2, 0.25) is 0 Å². The van der Waals surface area contributed by atoms with Gasteiger partial charge in [0.05, 0.1) is 0 Å². The van der Waals surface area contributed by atoms with Gasteiger partial charge in [0.1, 0.15) is 12.4 Å². The lowest BCUT2D eigenvalue weighted by atomic mass is 9.66. The SMILES string of the molecule is CCC[C@@H](CC(=O)O)C1C=CC(OCC2=CCC3(CCCCC3)CC2)=CC1I. The van der Waals surface area contributed by atoms with Gasteiger partial charge in [-0.2, -0.15) is 0 Å². The Labute approximate surface area is 183 Å². The van der Waals surface area contributed by atoms with Gasteiger partial charge in [0.2, 0.25) is 0 Å². The van der Waals surface area contributed by atoms with Crippen LogP contribution in [-0.2, 0) is 9.53 Å². The number of ether oxygens (including phenoxy) is 1. The van der Waals surface area contributed by atoms with E-state index in [0.717, 1.165) is 18.6 Å². The van der Waals surface area contributed by atoms with E-state index in [9.17, 15) is 9.90 Å². The summed E-state index contributed by atoms with van der Waals surface area (Å²) in [5.41, 5.74) is 2.05. The van der Waals surface area contributed by atoms with Crippen LogP contribution in [0.1, 0.15) is 77.6 Å². The van der Waals surface area contributed by atoms with Crippen molar-refractivity contribution in [3.05, 3.63) is 35.6 Å². The van der Waals surface area contributed by atoms with E-state index in [1.165, 1.54) is 56.9 Å². The van der Waals surface area contributed by atoms with Gasteiger partial charge in [-0.05, 0) is 73.5 Å². The maximum absolute atomic E-state index is 11.2. The van der Waals surface area contributed by atoms with Crippen molar-refractivity contribution in [3.63, 3.8) is 0 Å². The van der Waals surface area contributed by atoms with Crippen LogP contribution in [-0.4, -0.2) is 21.6 Å². The molecule has 0 aromatic heterocycles. The van der Waals surface area contributed by atoms with Gasteiger partial charge in [-0.3, -0.25) is 4.79 Å². The highest BCUT2D eigenvalue weighted by Gasteiger charge is 2.33. The Morgan fingerprint density at radius 3 is 2.71 bits per heavy atom. The maximum atomic E-state index is 11.2. The first-order valence-electron chi connectivity index (χ1n) is 11.1. The number of hydrogen-bond donors (Lipinski definition) is 1. The van der Waals surface area contributed by atoms with Crippen molar-refractivity contribution in [1.29, 1.82) is 0 Å². The van der Waals surface area contributed by atoms with E-state index >= 15 is 0 Å². The summed E-state index contributed by atoms with van der Waals surface area (Å²) in [6.45, 7) is 2.83. The molecular formula is C24H35IO3. The van der Waals surface area contributed by atoms with Crippen molar-refractivity contribution in [2.45, 2.75) is 81.5 Å². The molecule has 0 aromatic carbocycles. The Bertz CT molecular complexity index is 628. The standard InChI is InChI=1S/C24H35IO3/c1-2-6-19(15-23(26)27)21-8-7-20(16-22(21)25)28-17-18-9-13-24(14-10-18)11-4-3-5-12-24/h7-9,16,19,21-22H,2-6,10-15,17H2,1H3,(H,26,27)/t19-,21?,22?/m0/s1. The molecule has 0 aromatic rings. The first kappa shape index (κ1) is 21.9. The van der Waals surface area contributed by atoms with Gasteiger partial charge >= 0.3 is 5.97 Å². The number of carboxylic acids is 1. The fraction of sp³-hybridized carbons (Fsp3) is 0.708. The quantitative estimate of drug-likeness (QED) is 0.227. The summed E-state index contributed by atoms with van der Waals surface area (Å²) in [5.74, 6) is 0.733. The third kappa shape index (κ3) is 5.87. The van der Waals surface area contributed by atoms with Crippen LogP contribution >= 0.6 is 22.6 Å². The molecule has 3 rings (SSSR count). The Morgan fingerprint density at radius 1 is 1.32 bits per heavy atom. The Morgan fingerprint density at radius 2 is 2.11 bits per heavy atom. The molecule has 3 aliphatic rings. The minimum absolute atomic E-state index is 0.200. The van der Waals surface area contributed by atoms with E-state index in [1.807, 2.05) is 0 Å². The molecule has 0 radical (unpaired) electrons. The molecule has 3 atom stereocenters. The Hall–Kier alpha value is -0.780. The highest BCUT2D eigenvalue weighted by molar-refractivity contribution is 14.1. The number of carbonyl (C=O) groups is 1. The van der Waals surface area contributed by atoms with Crippen LogP contribution < -0.4 is 0 Å². The molecular weight excluding hydrogens is 463 g/mol. The number of rotatable bonds is 8. The van der Waals surface area contributed by atoms with Crippen molar-refractivity contribution in [1.82, 2.24) is 0 Å². The Balaban J connectivity index is 1.51. The average Bonchev–Trinajstić information content (AvgIpc) is 2.68. The summed E-state index contributed by atoms with van der Waals surface area (Å²) in [6.07, 6.45) is 22.0. The van der Waals surface area contributed by atoms with Gasteiger partial charge in [0, 0.05) is 10.3 Å². The lowest BCUT2D eigenvalue weighted by Gasteiger charge is -2.39. The number of carboxylic acid groups (broad SMARTS) is 1. The molecule has 1 N–H and O–H groups in total. The highest BCUT2D eigenvalue weighted by Crippen LogP contribution is 2.46. The third-order valence-electron chi connectivity index (χ3n) is 6.95. The van der Waals surface area contributed by atoms with Crippen molar-refractivity contribution in [2.75, 3.05) is 6.61 Å². The van der Waals surface area contributed by atoms with E-state index in [2.05, 4.69) is 53.8 Å². The number of halogens is 1. The topological polar surface area (TPSA) is 46.5 Å². The molecule has 28 heavy (non-hydrogen) atoms. The molecule has 0 saturated heterocycles. The summed E-state index contributed by atoms with van der Waals surface area (Å²) >= 11 is 2.44. The van der Waals surface area contributed by atoms with Crippen LogP contribution in [0.3, 0.4) is 0 Å². The minimum atomic E-state index is -0.693. The van der Waals surface area contributed by atoms with E-state index < -0.39 is 5.97 Å². The minimum Gasteiger partial charge on any atom is -0.490 e. The van der Waals surface area contributed by atoms with Gasteiger partial charge in [-0.1, -0.05) is 67.3 Å². The van der Waals surface area contributed by atoms with Crippen molar-refractivity contribution >= 4 is 28.6 Å². The lowest BCUT2D eigenvalue weighted by molar-refractivity contribution is -0.138. The van der Waals surface area contributed by atoms with Crippen LogP contribution in [0.15, 0.2) is 35.6 Å². The molecule has 0 heterocycles. The number of aliphatic carboxylic acids is 1. The average molecular weight is 498 g/mol. The van der Waals surface area contributed by atoms with Crippen molar-refractivity contribution in [2.24, 2.45) is 17.3 Å². The summed E-state index contributed by atoms with van der Waals surface area (Å²) in [6, 6.07) is 0. The molecule has 1 fully saturated rings. The largest absolute Gasteiger partial charge is 0.490 e. The summed E-state index contributed by atoms with van der Waals surface area (Å²) in [5, 5.41) is 9.23. The van der Waals surface area contributed by atoms with Crippen LogP contribution in [0, 0.1) is 17.3 Å². The second-order valence-corrected chi connectivity index (χ2v) is 10.5. The maximum Gasteiger partial charge on any atom is 0.303 e. The van der Waals surface area contributed by atoms with Gasteiger partial charge in [-0.25, -0.2) is 0 Å².